The molecule has 2 aromatic carbocycles. The van der Waals surface area contributed by atoms with Gasteiger partial charge in [0, 0.05) is 18.7 Å². The maximum absolute atomic E-state index is 12.6. The molecule has 0 unspecified atom stereocenters. The lowest BCUT2D eigenvalue weighted by Gasteiger charge is -2.30. The molecule has 1 amide bonds. The smallest absolute Gasteiger partial charge is 0.251 e. The van der Waals surface area contributed by atoms with Crippen LogP contribution in [0.25, 0.3) is 0 Å². The fourth-order valence-corrected chi connectivity index (χ4v) is 5.59. The van der Waals surface area contributed by atoms with Gasteiger partial charge in [0.05, 0.1) is 18.5 Å². The van der Waals surface area contributed by atoms with Crippen molar-refractivity contribution in [2.45, 2.75) is 46.6 Å². The molecule has 0 aromatic heterocycles. The normalized spacial score (nSPS) is 17.0. The van der Waals surface area contributed by atoms with E-state index in [4.69, 9.17) is 0 Å². The van der Waals surface area contributed by atoms with Crippen LogP contribution in [0.2, 0.25) is 0 Å². The van der Waals surface area contributed by atoms with Crippen molar-refractivity contribution in [1.29, 1.82) is 0 Å². The highest BCUT2D eigenvalue weighted by molar-refractivity contribution is 7.92. The average Bonchev–Trinajstić information content (AvgIpc) is 2.75. The predicted molar refractivity (Wildman–Crippen MR) is 135 cm³/mol. The summed E-state index contributed by atoms with van der Waals surface area (Å²) in [5.41, 5.74) is 3.96. The van der Waals surface area contributed by atoms with Gasteiger partial charge in [-0.25, -0.2) is 8.42 Å². The van der Waals surface area contributed by atoms with Gasteiger partial charge in [0.25, 0.3) is 5.91 Å². The van der Waals surface area contributed by atoms with Gasteiger partial charge in [-0.05, 0) is 80.9 Å². The number of carbonyl (C=O) groups excluding carboxylic acids is 1. The Balaban J connectivity index is 1.57. The van der Waals surface area contributed by atoms with Gasteiger partial charge in [-0.1, -0.05) is 37.3 Å². The van der Waals surface area contributed by atoms with Gasteiger partial charge >= 0.3 is 0 Å². The Morgan fingerprint density at radius 2 is 1.79 bits per heavy atom. The van der Waals surface area contributed by atoms with Crippen molar-refractivity contribution in [3.63, 3.8) is 0 Å². The Morgan fingerprint density at radius 1 is 1.12 bits per heavy atom. The van der Waals surface area contributed by atoms with Gasteiger partial charge in [0.2, 0.25) is 10.0 Å². The van der Waals surface area contributed by atoms with Crippen LogP contribution in [0.15, 0.2) is 42.5 Å². The van der Waals surface area contributed by atoms with Gasteiger partial charge in [-0.3, -0.25) is 9.10 Å². The van der Waals surface area contributed by atoms with E-state index in [0.29, 0.717) is 17.8 Å². The van der Waals surface area contributed by atoms with Crippen molar-refractivity contribution in [2.24, 2.45) is 5.92 Å². The van der Waals surface area contributed by atoms with Crippen LogP contribution < -0.4 is 9.62 Å². The number of benzene rings is 2. The van der Waals surface area contributed by atoms with E-state index in [2.05, 4.69) is 17.1 Å². The standard InChI is InChI=1S/C26H37N3O3S/c1-20-8-6-16-28(18-20)17-7-15-27-26(30)24-13-11-23(12-14-24)19-29(33(4,31)32)25-21(2)9-5-10-22(25)3/h5,9-14,20H,6-8,15-19H2,1-4H3,(H,27,30)/t20-/m1/s1. The zero-order valence-electron chi connectivity index (χ0n) is 20.3. The number of para-hydroxylation sites is 1. The summed E-state index contributed by atoms with van der Waals surface area (Å²) in [5.74, 6) is 0.670. The summed E-state index contributed by atoms with van der Waals surface area (Å²) >= 11 is 0. The van der Waals surface area contributed by atoms with E-state index >= 15 is 0 Å². The van der Waals surface area contributed by atoms with E-state index in [9.17, 15) is 13.2 Å². The van der Waals surface area contributed by atoms with Crippen molar-refractivity contribution >= 4 is 21.6 Å². The number of amides is 1. The summed E-state index contributed by atoms with van der Waals surface area (Å²) in [6.45, 7) is 10.3. The molecule has 1 saturated heterocycles. The number of anilines is 1. The van der Waals surface area contributed by atoms with Crippen LogP contribution in [0.5, 0.6) is 0 Å². The molecule has 1 atom stereocenters. The largest absolute Gasteiger partial charge is 0.352 e. The Bertz CT molecular complexity index is 1030. The molecule has 3 rings (SSSR count). The molecule has 33 heavy (non-hydrogen) atoms. The number of carbonyl (C=O) groups is 1. The lowest BCUT2D eigenvalue weighted by atomic mass is 10.0. The third-order valence-corrected chi connectivity index (χ3v) is 7.42. The second-order valence-corrected chi connectivity index (χ2v) is 11.3. The van der Waals surface area contributed by atoms with Crippen LogP contribution >= 0.6 is 0 Å². The molecule has 6 nitrogen and oxygen atoms in total. The van der Waals surface area contributed by atoms with Crippen LogP contribution in [0.4, 0.5) is 5.69 Å². The fraction of sp³-hybridized carbons (Fsp3) is 0.500. The Morgan fingerprint density at radius 3 is 2.39 bits per heavy atom. The zero-order chi connectivity index (χ0) is 24.0. The molecule has 0 spiro atoms. The molecule has 0 aliphatic carbocycles. The molecule has 1 N–H and O–H groups in total. The number of sulfonamides is 1. The minimum atomic E-state index is -3.47. The van der Waals surface area contributed by atoms with Crippen molar-refractivity contribution in [3.8, 4) is 0 Å². The summed E-state index contributed by atoms with van der Waals surface area (Å²) in [6.07, 6.45) is 4.75. The second-order valence-electron chi connectivity index (χ2n) is 9.36. The number of nitrogens with zero attached hydrogens (tertiary/aromatic N) is 2. The number of nitrogens with one attached hydrogen (secondary N) is 1. The van der Waals surface area contributed by atoms with E-state index in [1.807, 2.05) is 44.2 Å². The molecule has 0 radical (unpaired) electrons. The van der Waals surface area contributed by atoms with Gasteiger partial charge < -0.3 is 10.2 Å². The van der Waals surface area contributed by atoms with Crippen LogP contribution in [0, 0.1) is 19.8 Å². The first kappa shape index (κ1) is 25.2. The lowest BCUT2D eigenvalue weighted by molar-refractivity contribution is 0.0950. The molecule has 1 heterocycles. The van der Waals surface area contributed by atoms with E-state index in [1.165, 1.54) is 23.4 Å². The molecule has 1 fully saturated rings. The number of hydrogen-bond acceptors (Lipinski definition) is 4. The van der Waals surface area contributed by atoms with Gasteiger partial charge in [0.1, 0.15) is 0 Å². The highest BCUT2D eigenvalue weighted by Crippen LogP contribution is 2.28. The molecular weight excluding hydrogens is 434 g/mol. The van der Waals surface area contributed by atoms with Crippen LogP contribution in [0.1, 0.15) is 53.2 Å². The summed E-state index contributed by atoms with van der Waals surface area (Å²) in [7, 11) is -3.47. The van der Waals surface area contributed by atoms with Crippen LogP contribution in [0.3, 0.4) is 0 Å². The van der Waals surface area contributed by atoms with Gasteiger partial charge in [-0.15, -0.1) is 0 Å². The molecule has 7 heteroatoms. The number of piperidine rings is 1. The average molecular weight is 472 g/mol. The lowest BCUT2D eigenvalue weighted by Crippen LogP contribution is -2.36. The first-order valence-corrected chi connectivity index (χ1v) is 13.6. The molecular formula is C26H37N3O3S. The summed E-state index contributed by atoms with van der Waals surface area (Å²) in [4.78, 5) is 15.0. The summed E-state index contributed by atoms with van der Waals surface area (Å²) in [5, 5.41) is 3.00. The van der Waals surface area contributed by atoms with Crippen LogP contribution in [-0.4, -0.2) is 51.7 Å². The topological polar surface area (TPSA) is 69.7 Å². The Kier molecular flexibility index (Phi) is 8.54. The molecule has 1 aliphatic heterocycles. The van der Waals surface area contributed by atoms with Crippen molar-refractivity contribution < 1.29 is 13.2 Å². The van der Waals surface area contributed by atoms with E-state index in [1.54, 1.807) is 12.1 Å². The summed E-state index contributed by atoms with van der Waals surface area (Å²) < 4.78 is 26.5. The quantitative estimate of drug-likeness (QED) is 0.559. The third-order valence-electron chi connectivity index (χ3n) is 6.31. The van der Waals surface area contributed by atoms with Crippen molar-refractivity contribution in [1.82, 2.24) is 10.2 Å². The SMILES string of the molecule is Cc1cccc(C)c1N(Cc1ccc(C(=O)NCCCN2CCC[C@@H](C)C2)cc1)S(C)(=O)=O. The second kappa shape index (κ2) is 11.2. The number of rotatable bonds is 9. The fourth-order valence-electron chi connectivity index (χ4n) is 4.58. The Labute approximate surface area is 199 Å². The predicted octanol–water partition coefficient (Wildman–Crippen LogP) is 4.12. The molecule has 0 bridgehead atoms. The number of likely N-dealkylation sites (tertiary alicyclic amines) is 1. The van der Waals surface area contributed by atoms with Crippen LogP contribution in [-0.2, 0) is 16.6 Å². The first-order valence-electron chi connectivity index (χ1n) is 11.8. The maximum atomic E-state index is 12.6. The minimum absolute atomic E-state index is 0.0942. The minimum Gasteiger partial charge on any atom is -0.352 e. The third kappa shape index (κ3) is 7.05. The maximum Gasteiger partial charge on any atom is 0.251 e. The molecule has 1 aliphatic rings. The monoisotopic (exact) mass is 471 g/mol. The Hall–Kier alpha value is -2.38. The van der Waals surface area contributed by atoms with Crippen molar-refractivity contribution in [2.75, 3.05) is 36.7 Å². The molecule has 2 aromatic rings. The van der Waals surface area contributed by atoms with Gasteiger partial charge in [0.15, 0.2) is 0 Å². The molecule has 0 saturated carbocycles. The van der Waals surface area contributed by atoms with E-state index in [0.717, 1.165) is 48.7 Å². The zero-order valence-corrected chi connectivity index (χ0v) is 21.1. The highest BCUT2D eigenvalue weighted by Gasteiger charge is 2.21. The van der Waals surface area contributed by atoms with Crippen molar-refractivity contribution in [3.05, 3.63) is 64.7 Å². The summed E-state index contributed by atoms with van der Waals surface area (Å²) in [6, 6.07) is 12.9. The number of aryl methyl sites for hydroxylation is 2. The van der Waals surface area contributed by atoms with E-state index < -0.39 is 10.0 Å². The number of hydrogen-bond donors (Lipinski definition) is 1. The highest BCUT2D eigenvalue weighted by atomic mass is 32.2. The van der Waals surface area contributed by atoms with E-state index in [-0.39, 0.29) is 12.5 Å². The first-order chi connectivity index (χ1) is 15.6. The molecule has 180 valence electrons. The van der Waals surface area contributed by atoms with Gasteiger partial charge in [-0.2, -0.15) is 0 Å².